The lowest BCUT2D eigenvalue weighted by atomic mass is 9.91. The molecule has 4 unspecified atom stereocenters. The molecule has 1 rings (SSSR count). The van der Waals surface area contributed by atoms with Gasteiger partial charge in [-0.25, -0.2) is 0 Å². The molecule has 1 saturated carbocycles. The van der Waals surface area contributed by atoms with Crippen LogP contribution < -0.4 is 0 Å². The molecular formula is C13H25O4P. The van der Waals surface area contributed by atoms with Crippen LogP contribution in [0.15, 0.2) is 0 Å². The number of carbonyl (C=O) groups excluding carboxylic acids is 1. The van der Waals surface area contributed by atoms with Crippen molar-refractivity contribution >= 4 is 13.4 Å². The monoisotopic (exact) mass is 276 g/mol. The van der Waals surface area contributed by atoms with Crippen LogP contribution >= 0.6 is 7.60 Å². The fourth-order valence-electron chi connectivity index (χ4n) is 2.90. The molecule has 1 aliphatic carbocycles. The maximum Gasteiger partial charge on any atom is 0.344 e. The lowest BCUT2D eigenvalue weighted by Crippen LogP contribution is -2.38. The summed E-state index contributed by atoms with van der Waals surface area (Å²) in [7, 11) is -3.42. The third-order valence-corrected chi connectivity index (χ3v) is 7.51. The SMILES string of the molecule is CCOP(=O)(OCC)C1(C)C(=O)C(C)C(C)C1C. The van der Waals surface area contributed by atoms with Gasteiger partial charge in [0, 0.05) is 5.92 Å². The summed E-state index contributed by atoms with van der Waals surface area (Å²) in [5.41, 5.74) is 0. The molecule has 0 aromatic heterocycles. The summed E-state index contributed by atoms with van der Waals surface area (Å²) in [5, 5.41) is -1.02. The van der Waals surface area contributed by atoms with E-state index in [-0.39, 0.29) is 36.8 Å². The molecule has 0 amide bonds. The zero-order chi connectivity index (χ0) is 14.1. The standard InChI is InChI=1S/C13H25O4P/c1-7-16-18(15,17-8-2)13(6)11(5)9(3)10(4)12(13)14/h9-11H,7-8H2,1-6H3. The summed E-state index contributed by atoms with van der Waals surface area (Å²) < 4.78 is 23.8. The van der Waals surface area contributed by atoms with Gasteiger partial charge in [0.05, 0.1) is 13.2 Å². The van der Waals surface area contributed by atoms with Crippen LogP contribution in [-0.2, 0) is 18.4 Å². The van der Waals surface area contributed by atoms with Crippen molar-refractivity contribution in [3.8, 4) is 0 Å². The molecule has 4 atom stereocenters. The Labute approximate surface area is 110 Å². The molecule has 0 saturated heterocycles. The van der Waals surface area contributed by atoms with Gasteiger partial charge in [0.2, 0.25) is 0 Å². The largest absolute Gasteiger partial charge is 0.344 e. The van der Waals surface area contributed by atoms with E-state index in [1.54, 1.807) is 20.8 Å². The van der Waals surface area contributed by atoms with Gasteiger partial charge in [-0.3, -0.25) is 9.36 Å². The Morgan fingerprint density at radius 2 is 1.61 bits per heavy atom. The minimum Gasteiger partial charge on any atom is -0.308 e. The maximum atomic E-state index is 13.0. The Morgan fingerprint density at radius 3 is 1.89 bits per heavy atom. The van der Waals surface area contributed by atoms with Gasteiger partial charge in [-0.1, -0.05) is 20.8 Å². The number of rotatable bonds is 5. The number of ketones is 1. The number of carbonyl (C=O) groups is 1. The van der Waals surface area contributed by atoms with Gasteiger partial charge in [0.25, 0.3) is 0 Å². The smallest absolute Gasteiger partial charge is 0.308 e. The molecule has 0 radical (unpaired) electrons. The van der Waals surface area contributed by atoms with Crippen LogP contribution in [0.1, 0.15) is 41.5 Å². The van der Waals surface area contributed by atoms with Gasteiger partial charge in [0.15, 0.2) is 5.78 Å². The van der Waals surface area contributed by atoms with E-state index in [4.69, 9.17) is 9.05 Å². The van der Waals surface area contributed by atoms with Crippen LogP contribution in [0.5, 0.6) is 0 Å². The molecule has 18 heavy (non-hydrogen) atoms. The fraction of sp³-hybridized carbons (Fsp3) is 0.923. The Bertz CT molecular complexity index is 358. The number of Topliss-reactive ketones (excluding diaryl/α,β-unsaturated/α-hetero) is 1. The van der Waals surface area contributed by atoms with Crippen LogP contribution in [-0.4, -0.2) is 24.2 Å². The van der Waals surface area contributed by atoms with Gasteiger partial charge in [-0.15, -0.1) is 0 Å². The molecule has 1 aliphatic rings. The van der Waals surface area contributed by atoms with Gasteiger partial charge in [-0.05, 0) is 32.6 Å². The molecule has 4 nitrogen and oxygen atoms in total. The lowest BCUT2D eigenvalue weighted by Gasteiger charge is -2.35. The van der Waals surface area contributed by atoms with Crippen LogP contribution in [0, 0.1) is 17.8 Å². The first-order valence-electron chi connectivity index (χ1n) is 6.69. The highest BCUT2D eigenvalue weighted by molar-refractivity contribution is 7.56. The van der Waals surface area contributed by atoms with Gasteiger partial charge < -0.3 is 9.05 Å². The van der Waals surface area contributed by atoms with Crippen molar-refractivity contribution < 1.29 is 18.4 Å². The van der Waals surface area contributed by atoms with Crippen LogP contribution in [0.2, 0.25) is 0 Å². The van der Waals surface area contributed by atoms with Crippen molar-refractivity contribution in [1.82, 2.24) is 0 Å². The van der Waals surface area contributed by atoms with E-state index >= 15 is 0 Å². The molecule has 0 heterocycles. The summed E-state index contributed by atoms with van der Waals surface area (Å²) in [6, 6.07) is 0. The average Bonchev–Trinajstić information content (AvgIpc) is 2.47. The Kier molecular flexibility index (Phi) is 4.80. The highest BCUT2D eigenvalue weighted by Crippen LogP contribution is 2.68. The summed E-state index contributed by atoms with van der Waals surface area (Å²) >= 11 is 0. The maximum absolute atomic E-state index is 13.0. The van der Waals surface area contributed by atoms with Gasteiger partial charge >= 0.3 is 7.60 Å². The van der Waals surface area contributed by atoms with Crippen molar-refractivity contribution in [1.29, 1.82) is 0 Å². The van der Waals surface area contributed by atoms with E-state index in [2.05, 4.69) is 0 Å². The second-order valence-corrected chi connectivity index (χ2v) is 7.72. The second-order valence-electron chi connectivity index (χ2n) is 5.28. The average molecular weight is 276 g/mol. The normalized spacial score (nSPS) is 37.2. The van der Waals surface area contributed by atoms with E-state index < -0.39 is 12.8 Å². The molecule has 0 bridgehead atoms. The first-order valence-corrected chi connectivity index (χ1v) is 8.24. The number of hydrogen-bond donors (Lipinski definition) is 0. The third kappa shape index (κ3) is 2.09. The van der Waals surface area contributed by atoms with E-state index in [1.807, 2.05) is 20.8 Å². The van der Waals surface area contributed by atoms with Crippen molar-refractivity contribution in [2.24, 2.45) is 17.8 Å². The molecule has 106 valence electrons. The predicted molar refractivity (Wildman–Crippen MR) is 71.8 cm³/mol. The Morgan fingerprint density at radius 1 is 1.17 bits per heavy atom. The molecule has 0 aliphatic heterocycles. The second kappa shape index (κ2) is 5.44. The third-order valence-electron chi connectivity index (χ3n) is 4.54. The van der Waals surface area contributed by atoms with Crippen LogP contribution in [0.3, 0.4) is 0 Å². The lowest BCUT2D eigenvalue weighted by molar-refractivity contribution is -0.123. The van der Waals surface area contributed by atoms with Crippen molar-refractivity contribution in [3.05, 3.63) is 0 Å². The van der Waals surface area contributed by atoms with Crippen LogP contribution in [0.25, 0.3) is 0 Å². The molecule has 1 fully saturated rings. The minimum atomic E-state index is -3.42. The highest BCUT2D eigenvalue weighted by atomic mass is 31.2. The van der Waals surface area contributed by atoms with E-state index in [0.717, 1.165) is 0 Å². The summed E-state index contributed by atoms with van der Waals surface area (Å²) in [6.07, 6.45) is 0. The summed E-state index contributed by atoms with van der Waals surface area (Å²) in [5.74, 6) is 0.0904. The van der Waals surface area contributed by atoms with Crippen LogP contribution in [0.4, 0.5) is 0 Å². The molecule has 0 aromatic rings. The fourth-order valence-corrected chi connectivity index (χ4v) is 5.40. The Hall–Kier alpha value is -0.180. The summed E-state index contributed by atoms with van der Waals surface area (Å²) in [6.45, 7) is 11.8. The molecule has 0 spiro atoms. The molecule has 0 aromatic carbocycles. The van der Waals surface area contributed by atoms with E-state index in [0.29, 0.717) is 0 Å². The van der Waals surface area contributed by atoms with E-state index in [1.165, 1.54) is 0 Å². The van der Waals surface area contributed by atoms with Gasteiger partial charge in [-0.2, -0.15) is 0 Å². The zero-order valence-electron chi connectivity index (χ0n) is 12.2. The highest BCUT2D eigenvalue weighted by Gasteiger charge is 2.63. The minimum absolute atomic E-state index is 0.00716. The molecular weight excluding hydrogens is 251 g/mol. The summed E-state index contributed by atoms with van der Waals surface area (Å²) in [4.78, 5) is 12.5. The number of hydrogen-bond acceptors (Lipinski definition) is 4. The first-order chi connectivity index (χ1) is 8.26. The predicted octanol–water partition coefficient (Wildman–Crippen LogP) is 3.50. The quantitative estimate of drug-likeness (QED) is 0.721. The van der Waals surface area contributed by atoms with Crippen molar-refractivity contribution in [2.45, 2.75) is 46.7 Å². The zero-order valence-corrected chi connectivity index (χ0v) is 13.1. The topological polar surface area (TPSA) is 52.6 Å². The van der Waals surface area contributed by atoms with E-state index in [9.17, 15) is 9.36 Å². The van der Waals surface area contributed by atoms with Crippen molar-refractivity contribution in [2.75, 3.05) is 13.2 Å². The Balaban J connectivity index is 3.25. The van der Waals surface area contributed by atoms with Crippen molar-refractivity contribution in [3.63, 3.8) is 0 Å². The molecule has 0 N–H and O–H groups in total. The van der Waals surface area contributed by atoms with Gasteiger partial charge in [0.1, 0.15) is 5.16 Å². The first kappa shape index (κ1) is 15.9. The molecule has 5 heteroatoms.